The van der Waals surface area contributed by atoms with Gasteiger partial charge in [-0.05, 0) is 49.6 Å². The highest BCUT2D eigenvalue weighted by Crippen LogP contribution is 2.31. The highest BCUT2D eigenvalue weighted by molar-refractivity contribution is 6.35. The second kappa shape index (κ2) is 9.31. The van der Waals surface area contributed by atoms with Crippen LogP contribution in [0.2, 0.25) is 10.0 Å². The second-order valence-corrected chi connectivity index (χ2v) is 8.33. The first-order valence-corrected chi connectivity index (χ1v) is 10.4. The monoisotopic (exact) mass is 454 g/mol. The number of amides is 2. The van der Waals surface area contributed by atoms with Gasteiger partial charge >= 0.3 is 0 Å². The lowest BCUT2D eigenvalue weighted by atomic mass is 9.93. The first kappa shape index (κ1) is 22.5. The maximum Gasteiger partial charge on any atom is 0.256 e. The molecular weight excluding hydrogens is 433 g/mol. The van der Waals surface area contributed by atoms with E-state index >= 15 is 0 Å². The van der Waals surface area contributed by atoms with E-state index in [1.165, 1.54) is 4.90 Å². The lowest BCUT2D eigenvalue weighted by Gasteiger charge is -2.35. The first-order chi connectivity index (χ1) is 14.2. The minimum absolute atomic E-state index is 0.0337. The maximum atomic E-state index is 13.9. The number of benzene rings is 2. The summed E-state index contributed by atoms with van der Waals surface area (Å²) in [5.74, 6) is -2.38. The molecule has 1 atom stereocenters. The lowest BCUT2D eigenvalue weighted by molar-refractivity contribution is -0.137. The highest BCUT2D eigenvalue weighted by atomic mass is 35.5. The topological polar surface area (TPSA) is 40.6 Å². The van der Waals surface area contributed by atoms with Crippen LogP contribution < -0.4 is 0 Å². The van der Waals surface area contributed by atoms with Crippen molar-refractivity contribution in [1.82, 2.24) is 9.80 Å². The first-order valence-electron chi connectivity index (χ1n) is 9.65. The van der Waals surface area contributed by atoms with Gasteiger partial charge in [0.05, 0.1) is 11.6 Å². The molecule has 0 aromatic heterocycles. The van der Waals surface area contributed by atoms with Gasteiger partial charge in [-0.15, -0.1) is 0 Å². The Bertz CT molecular complexity index is 962. The predicted molar refractivity (Wildman–Crippen MR) is 113 cm³/mol. The molecule has 1 aliphatic heterocycles. The Morgan fingerprint density at radius 2 is 1.77 bits per heavy atom. The molecule has 0 saturated carbocycles. The summed E-state index contributed by atoms with van der Waals surface area (Å²) < 4.78 is 27.0. The van der Waals surface area contributed by atoms with Crippen molar-refractivity contribution >= 4 is 35.0 Å². The van der Waals surface area contributed by atoms with Gasteiger partial charge in [0.1, 0.15) is 11.6 Å². The molecule has 3 rings (SSSR count). The number of nitrogens with zero attached hydrogens (tertiary/aromatic N) is 2. The lowest BCUT2D eigenvalue weighted by Crippen LogP contribution is -2.44. The molecule has 0 N–H and O–H groups in total. The van der Waals surface area contributed by atoms with Gasteiger partial charge in [0, 0.05) is 42.2 Å². The summed E-state index contributed by atoms with van der Waals surface area (Å²) >= 11 is 12.2. The average Bonchev–Trinajstić information content (AvgIpc) is 2.72. The fourth-order valence-corrected chi connectivity index (χ4v) is 4.26. The van der Waals surface area contributed by atoms with Crippen molar-refractivity contribution in [2.45, 2.75) is 25.8 Å². The molecule has 2 aromatic rings. The van der Waals surface area contributed by atoms with E-state index in [4.69, 9.17) is 23.2 Å². The highest BCUT2D eigenvalue weighted by Gasteiger charge is 2.32. The third-order valence-corrected chi connectivity index (χ3v) is 6.20. The van der Waals surface area contributed by atoms with Crippen LogP contribution in [-0.2, 0) is 4.79 Å². The normalized spacial score (nSPS) is 15.7. The SMILES string of the molecule is CC(c1ccc(Cl)cc1Cl)N(C)C(=O)C1CCN(C(=O)c2ccc(F)cc2F)CC1. The third kappa shape index (κ3) is 4.76. The molecule has 2 amide bonds. The van der Waals surface area contributed by atoms with Gasteiger partial charge in [0.15, 0.2) is 0 Å². The number of piperidine rings is 1. The Morgan fingerprint density at radius 3 is 2.37 bits per heavy atom. The molecule has 0 spiro atoms. The van der Waals surface area contributed by atoms with Crippen LogP contribution in [0.1, 0.15) is 41.7 Å². The molecule has 1 aliphatic rings. The van der Waals surface area contributed by atoms with Gasteiger partial charge in [-0.3, -0.25) is 9.59 Å². The molecule has 1 saturated heterocycles. The molecule has 8 heteroatoms. The Labute approximate surface area is 184 Å². The second-order valence-electron chi connectivity index (χ2n) is 7.48. The van der Waals surface area contributed by atoms with Crippen molar-refractivity contribution in [2.75, 3.05) is 20.1 Å². The maximum absolute atomic E-state index is 13.9. The van der Waals surface area contributed by atoms with E-state index in [9.17, 15) is 18.4 Å². The number of likely N-dealkylation sites (tertiary alicyclic amines) is 1. The molecule has 1 unspecified atom stereocenters. The minimum Gasteiger partial charge on any atom is -0.339 e. The number of hydrogen-bond acceptors (Lipinski definition) is 2. The van der Waals surface area contributed by atoms with Gasteiger partial charge in [0.2, 0.25) is 5.91 Å². The fraction of sp³-hybridized carbons (Fsp3) is 0.364. The zero-order valence-corrected chi connectivity index (χ0v) is 18.2. The third-order valence-electron chi connectivity index (χ3n) is 5.63. The van der Waals surface area contributed by atoms with Gasteiger partial charge in [-0.1, -0.05) is 29.3 Å². The Balaban J connectivity index is 1.62. The zero-order chi connectivity index (χ0) is 22.0. The van der Waals surface area contributed by atoms with Crippen molar-refractivity contribution < 1.29 is 18.4 Å². The minimum atomic E-state index is -0.883. The molecule has 0 radical (unpaired) electrons. The van der Waals surface area contributed by atoms with E-state index in [-0.39, 0.29) is 23.4 Å². The van der Waals surface area contributed by atoms with Gasteiger partial charge in [-0.2, -0.15) is 0 Å². The molecule has 30 heavy (non-hydrogen) atoms. The molecule has 0 bridgehead atoms. The van der Waals surface area contributed by atoms with Crippen LogP contribution in [0.15, 0.2) is 36.4 Å². The smallest absolute Gasteiger partial charge is 0.256 e. The number of hydrogen-bond donors (Lipinski definition) is 0. The van der Waals surface area contributed by atoms with Gasteiger partial charge in [-0.25, -0.2) is 8.78 Å². The summed E-state index contributed by atoms with van der Waals surface area (Å²) in [6.45, 7) is 2.55. The molecule has 1 fully saturated rings. The average molecular weight is 455 g/mol. The zero-order valence-electron chi connectivity index (χ0n) is 16.7. The van der Waals surface area contributed by atoms with Crippen molar-refractivity contribution in [3.63, 3.8) is 0 Å². The summed E-state index contributed by atoms with van der Waals surface area (Å²) in [6, 6.07) is 7.84. The van der Waals surface area contributed by atoms with E-state index < -0.39 is 17.5 Å². The van der Waals surface area contributed by atoms with Crippen LogP contribution in [0.3, 0.4) is 0 Å². The van der Waals surface area contributed by atoms with Crippen LogP contribution in [0.5, 0.6) is 0 Å². The number of rotatable bonds is 4. The number of halogens is 4. The molecule has 4 nitrogen and oxygen atoms in total. The van der Waals surface area contributed by atoms with E-state index in [2.05, 4.69) is 0 Å². The Morgan fingerprint density at radius 1 is 1.10 bits per heavy atom. The number of carbonyl (C=O) groups is 2. The summed E-state index contributed by atoms with van der Waals surface area (Å²) in [5.41, 5.74) is 0.639. The van der Waals surface area contributed by atoms with Crippen LogP contribution in [0, 0.1) is 17.6 Å². The standard InChI is InChI=1S/C22H22Cl2F2N2O2/c1-13(17-5-3-15(23)11-19(17)24)27(2)21(29)14-7-9-28(10-8-14)22(30)18-6-4-16(25)12-20(18)26/h3-6,11-14H,7-10H2,1-2H3. The molecular formula is C22H22Cl2F2N2O2. The van der Waals surface area contributed by atoms with E-state index in [0.717, 1.165) is 17.7 Å². The Hall–Kier alpha value is -2.18. The Kier molecular flexibility index (Phi) is 6.98. The summed E-state index contributed by atoms with van der Waals surface area (Å²) in [6.07, 6.45) is 0.942. The quantitative estimate of drug-likeness (QED) is 0.624. The van der Waals surface area contributed by atoms with Crippen LogP contribution >= 0.6 is 23.2 Å². The van der Waals surface area contributed by atoms with E-state index in [0.29, 0.717) is 42.0 Å². The van der Waals surface area contributed by atoms with Crippen molar-refractivity contribution in [3.8, 4) is 0 Å². The van der Waals surface area contributed by atoms with Crippen LogP contribution in [0.25, 0.3) is 0 Å². The van der Waals surface area contributed by atoms with Crippen molar-refractivity contribution in [1.29, 1.82) is 0 Å². The van der Waals surface area contributed by atoms with Crippen LogP contribution in [0.4, 0.5) is 8.78 Å². The van der Waals surface area contributed by atoms with E-state index in [1.807, 2.05) is 6.92 Å². The molecule has 2 aromatic carbocycles. The summed E-state index contributed by atoms with van der Waals surface area (Å²) in [4.78, 5) is 28.7. The largest absolute Gasteiger partial charge is 0.339 e. The van der Waals surface area contributed by atoms with Gasteiger partial charge < -0.3 is 9.80 Å². The molecule has 0 aliphatic carbocycles. The fourth-order valence-electron chi connectivity index (χ4n) is 3.69. The molecule has 160 valence electrons. The van der Waals surface area contributed by atoms with Crippen molar-refractivity contribution in [3.05, 3.63) is 69.2 Å². The summed E-state index contributed by atoms with van der Waals surface area (Å²) in [7, 11) is 1.73. The van der Waals surface area contributed by atoms with E-state index in [1.54, 1.807) is 30.1 Å². The van der Waals surface area contributed by atoms with Crippen LogP contribution in [-0.4, -0.2) is 41.8 Å². The summed E-state index contributed by atoms with van der Waals surface area (Å²) in [5, 5.41) is 1.02. The van der Waals surface area contributed by atoms with Crippen molar-refractivity contribution in [2.24, 2.45) is 5.92 Å². The predicted octanol–water partition coefficient (Wildman–Crippen LogP) is 5.34. The number of carbonyl (C=O) groups excluding carboxylic acids is 2. The molecule has 1 heterocycles. The van der Waals surface area contributed by atoms with Gasteiger partial charge in [0.25, 0.3) is 5.91 Å².